The van der Waals surface area contributed by atoms with Gasteiger partial charge in [0.15, 0.2) is 0 Å². The average molecular weight is 241 g/mol. The summed E-state index contributed by atoms with van der Waals surface area (Å²) in [5.74, 6) is 0. The number of anilines is 2. The summed E-state index contributed by atoms with van der Waals surface area (Å²) in [4.78, 5) is 0. The Morgan fingerprint density at radius 1 is 1.19 bits per heavy atom. The van der Waals surface area contributed by atoms with Gasteiger partial charge in [0.1, 0.15) is 0 Å². The second kappa shape index (κ2) is 5.44. The molecule has 0 aromatic heterocycles. The van der Waals surface area contributed by atoms with Crippen LogP contribution in [-0.4, -0.2) is 5.54 Å². The highest BCUT2D eigenvalue weighted by Crippen LogP contribution is 2.30. The third-order valence-corrected chi connectivity index (χ3v) is 3.68. The van der Waals surface area contributed by atoms with Crippen LogP contribution in [0.1, 0.15) is 40.0 Å². The molecule has 3 N–H and O–H groups in total. The van der Waals surface area contributed by atoms with Gasteiger partial charge < -0.3 is 11.1 Å². The highest BCUT2D eigenvalue weighted by atomic mass is 35.5. The van der Waals surface area contributed by atoms with Crippen molar-refractivity contribution in [2.24, 2.45) is 0 Å². The molecule has 0 amide bonds. The lowest BCUT2D eigenvalue weighted by atomic mass is 9.89. The van der Waals surface area contributed by atoms with Gasteiger partial charge in [0, 0.05) is 10.6 Å². The molecule has 0 heterocycles. The molecule has 0 aliphatic heterocycles. The Bertz CT molecular complexity index is 338. The lowest BCUT2D eigenvalue weighted by Gasteiger charge is -2.33. The molecule has 0 saturated carbocycles. The molecular formula is C13H21ClN2. The van der Waals surface area contributed by atoms with E-state index in [2.05, 4.69) is 26.1 Å². The van der Waals surface area contributed by atoms with Crippen molar-refractivity contribution in [3.8, 4) is 0 Å². The molecule has 0 aliphatic rings. The van der Waals surface area contributed by atoms with Crippen molar-refractivity contribution < 1.29 is 0 Å². The third-order valence-electron chi connectivity index (χ3n) is 3.44. The molecule has 0 radical (unpaired) electrons. The van der Waals surface area contributed by atoms with Crippen molar-refractivity contribution in [3.05, 3.63) is 23.2 Å². The van der Waals surface area contributed by atoms with Gasteiger partial charge in [0.25, 0.3) is 0 Å². The first-order valence-corrected chi connectivity index (χ1v) is 6.28. The van der Waals surface area contributed by atoms with Crippen LogP contribution in [0.4, 0.5) is 11.4 Å². The molecule has 1 rings (SSSR count). The largest absolute Gasteiger partial charge is 0.397 e. The Kier molecular flexibility index (Phi) is 4.48. The Labute approximate surface area is 103 Å². The first-order valence-electron chi connectivity index (χ1n) is 5.90. The maximum absolute atomic E-state index is 5.95. The van der Waals surface area contributed by atoms with Crippen molar-refractivity contribution in [3.63, 3.8) is 0 Å². The highest BCUT2D eigenvalue weighted by Gasteiger charge is 2.23. The summed E-state index contributed by atoms with van der Waals surface area (Å²) in [6.45, 7) is 6.60. The van der Waals surface area contributed by atoms with Crippen molar-refractivity contribution in [2.75, 3.05) is 11.1 Å². The van der Waals surface area contributed by atoms with Gasteiger partial charge in [-0.05, 0) is 37.5 Å². The van der Waals surface area contributed by atoms with E-state index in [4.69, 9.17) is 17.3 Å². The van der Waals surface area contributed by atoms with Gasteiger partial charge in [-0.2, -0.15) is 0 Å². The minimum Gasteiger partial charge on any atom is -0.397 e. The summed E-state index contributed by atoms with van der Waals surface area (Å²) in [7, 11) is 0. The predicted molar refractivity (Wildman–Crippen MR) is 73.1 cm³/mol. The maximum Gasteiger partial charge on any atom is 0.0579 e. The topological polar surface area (TPSA) is 38.0 Å². The summed E-state index contributed by atoms with van der Waals surface area (Å²) < 4.78 is 0. The van der Waals surface area contributed by atoms with E-state index in [0.29, 0.717) is 10.7 Å². The second-order valence-electron chi connectivity index (χ2n) is 4.20. The molecule has 2 nitrogen and oxygen atoms in total. The molecule has 1 aromatic carbocycles. The van der Waals surface area contributed by atoms with Crippen LogP contribution in [0, 0.1) is 0 Å². The molecule has 0 fully saturated rings. The van der Waals surface area contributed by atoms with E-state index in [1.165, 1.54) is 0 Å². The number of benzene rings is 1. The molecule has 0 aliphatic carbocycles. The highest BCUT2D eigenvalue weighted by molar-refractivity contribution is 6.31. The van der Waals surface area contributed by atoms with Crippen molar-refractivity contribution in [1.29, 1.82) is 0 Å². The number of nitrogens with one attached hydrogen (secondary N) is 1. The smallest absolute Gasteiger partial charge is 0.0579 e. The van der Waals surface area contributed by atoms with Crippen LogP contribution in [0.2, 0.25) is 5.02 Å². The number of hydrogen-bond acceptors (Lipinski definition) is 2. The average Bonchev–Trinajstić information content (AvgIpc) is 2.29. The fraction of sp³-hybridized carbons (Fsp3) is 0.538. The molecular weight excluding hydrogens is 220 g/mol. The van der Waals surface area contributed by atoms with Gasteiger partial charge >= 0.3 is 0 Å². The monoisotopic (exact) mass is 240 g/mol. The van der Waals surface area contributed by atoms with Gasteiger partial charge in [-0.3, -0.25) is 0 Å². The Balaban J connectivity index is 2.93. The van der Waals surface area contributed by atoms with Crippen LogP contribution in [0.15, 0.2) is 18.2 Å². The van der Waals surface area contributed by atoms with E-state index in [9.17, 15) is 0 Å². The minimum absolute atomic E-state index is 0.141. The molecule has 0 saturated heterocycles. The number of rotatable bonds is 5. The van der Waals surface area contributed by atoms with E-state index in [1.807, 2.05) is 12.1 Å². The standard InChI is InChI=1S/C13H21ClN2/c1-4-13(5-2,6-3)16-12-8-7-10(14)9-11(12)15/h7-9,16H,4-6,15H2,1-3H3. The predicted octanol–water partition coefficient (Wildman–Crippen LogP) is 4.30. The Morgan fingerprint density at radius 3 is 2.19 bits per heavy atom. The van der Waals surface area contributed by atoms with Crippen molar-refractivity contribution in [1.82, 2.24) is 0 Å². The number of halogens is 1. The minimum atomic E-state index is 0.141. The fourth-order valence-electron chi connectivity index (χ4n) is 1.95. The lowest BCUT2D eigenvalue weighted by Crippen LogP contribution is -2.36. The van der Waals surface area contributed by atoms with Crippen LogP contribution in [0.5, 0.6) is 0 Å². The Morgan fingerprint density at radius 2 is 1.75 bits per heavy atom. The summed E-state index contributed by atoms with van der Waals surface area (Å²) in [5.41, 5.74) is 7.78. The van der Waals surface area contributed by atoms with Crippen LogP contribution >= 0.6 is 11.6 Å². The summed E-state index contributed by atoms with van der Waals surface area (Å²) in [6.07, 6.45) is 3.26. The van der Waals surface area contributed by atoms with Gasteiger partial charge in [-0.15, -0.1) is 0 Å². The van der Waals surface area contributed by atoms with E-state index in [-0.39, 0.29) is 5.54 Å². The van der Waals surface area contributed by atoms with E-state index >= 15 is 0 Å². The number of hydrogen-bond donors (Lipinski definition) is 2. The number of nitrogens with two attached hydrogens (primary N) is 1. The molecule has 0 unspecified atom stereocenters. The van der Waals surface area contributed by atoms with Gasteiger partial charge in [-0.1, -0.05) is 32.4 Å². The first-order chi connectivity index (χ1) is 7.56. The SMILES string of the molecule is CCC(CC)(CC)Nc1ccc(Cl)cc1N. The van der Waals surface area contributed by atoms with Gasteiger partial charge in [0.05, 0.1) is 11.4 Å². The van der Waals surface area contributed by atoms with Crippen LogP contribution < -0.4 is 11.1 Å². The van der Waals surface area contributed by atoms with Crippen LogP contribution in [0.25, 0.3) is 0 Å². The van der Waals surface area contributed by atoms with Crippen molar-refractivity contribution in [2.45, 2.75) is 45.6 Å². The van der Waals surface area contributed by atoms with Gasteiger partial charge in [0.2, 0.25) is 0 Å². The lowest BCUT2D eigenvalue weighted by molar-refractivity contribution is 0.420. The van der Waals surface area contributed by atoms with Crippen LogP contribution in [-0.2, 0) is 0 Å². The fourth-order valence-corrected chi connectivity index (χ4v) is 2.13. The Hall–Kier alpha value is -0.890. The third kappa shape index (κ3) is 2.82. The summed E-state index contributed by atoms with van der Waals surface area (Å²) in [5, 5.41) is 4.23. The summed E-state index contributed by atoms with van der Waals surface area (Å²) >= 11 is 5.88. The second-order valence-corrected chi connectivity index (χ2v) is 4.63. The zero-order valence-electron chi connectivity index (χ0n) is 10.3. The molecule has 90 valence electrons. The molecule has 0 atom stereocenters. The normalized spacial score (nSPS) is 11.5. The maximum atomic E-state index is 5.95. The molecule has 3 heteroatoms. The zero-order chi connectivity index (χ0) is 12.2. The van der Waals surface area contributed by atoms with E-state index in [0.717, 1.165) is 24.9 Å². The van der Waals surface area contributed by atoms with Crippen LogP contribution in [0.3, 0.4) is 0 Å². The van der Waals surface area contributed by atoms with Crippen molar-refractivity contribution >= 4 is 23.0 Å². The zero-order valence-corrected chi connectivity index (χ0v) is 11.1. The quantitative estimate of drug-likeness (QED) is 0.753. The van der Waals surface area contributed by atoms with Gasteiger partial charge in [-0.25, -0.2) is 0 Å². The first kappa shape index (κ1) is 13.2. The van der Waals surface area contributed by atoms with E-state index < -0.39 is 0 Å². The molecule has 16 heavy (non-hydrogen) atoms. The molecule has 0 bridgehead atoms. The number of nitrogen functional groups attached to an aromatic ring is 1. The van der Waals surface area contributed by atoms with E-state index in [1.54, 1.807) is 6.07 Å². The molecule has 1 aromatic rings. The molecule has 0 spiro atoms. The summed E-state index contributed by atoms with van der Waals surface area (Å²) in [6, 6.07) is 5.61.